The van der Waals surface area contributed by atoms with E-state index in [-0.39, 0.29) is 0 Å². The number of H-pyrrole nitrogens is 2. The van der Waals surface area contributed by atoms with Gasteiger partial charge in [0.05, 0.1) is 41.4 Å². The van der Waals surface area contributed by atoms with Gasteiger partial charge < -0.3 is 25.0 Å². The van der Waals surface area contributed by atoms with Gasteiger partial charge in [-0.1, -0.05) is 19.1 Å². The van der Waals surface area contributed by atoms with E-state index in [1.165, 1.54) is 0 Å². The molecule has 8 nitrogen and oxygen atoms in total. The van der Waals surface area contributed by atoms with Gasteiger partial charge in [0.25, 0.3) is 0 Å². The van der Waals surface area contributed by atoms with Crippen LogP contribution in [0.4, 0.5) is 0 Å². The van der Waals surface area contributed by atoms with Crippen LogP contribution in [0, 0.1) is 0 Å². The van der Waals surface area contributed by atoms with Gasteiger partial charge in [-0.3, -0.25) is 0 Å². The van der Waals surface area contributed by atoms with Crippen molar-refractivity contribution >= 4 is 22.1 Å². The smallest absolute Gasteiger partial charge is 0.228 e. The highest BCUT2D eigenvalue weighted by molar-refractivity contribution is 5.90. The number of aromatic amines is 2. The maximum Gasteiger partial charge on any atom is 0.228 e. The maximum atomic E-state index is 6.18. The molecule has 5 rings (SSSR count). The Morgan fingerprint density at radius 1 is 1.00 bits per heavy atom. The van der Waals surface area contributed by atoms with Crippen molar-refractivity contribution in [3.63, 3.8) is 0 Å². The molecule has 3 heterocycles. The zero-order chi connectivity index (χ0) is 23.3. The summed E-state index contributed by atoms with van der Waals surface area (Å²) >= 11 is 0. The molecule has 34 heavy (non-hydrogen) atoms. The van der Waals surface area contributed by atoms with Crippen LogP contribution in [0.25, 0.3) is 44.8 Å². The topological polar surface area (TPSA) is 107 Å². The molecule has 0 spiro atoms. The van der Waals surface area contributed by atoms with Crippen LogP contribution < -0.4 is 10.6 Å². The van der Waals surface area contributed by atoms with Crippen molar-refractivity contribution < 1.29 is 4.42 Å². The van der Waals surface area contributed by atoms with Crippen LogP contribution in [-0.2, 0) is 13.1 Å². The molecule has 2 aromatic carbocycles. The SMILES string of the molecule is C=CCCNCc1nc2ccc(-c3cnc(-c4cccc5[nH]c(CNCCC)nc45)o3)cc2[nH]1. The minimum atomic E-state index is 0.553. The number of benzene rings is 2. The molecule has 0 atom stereocenters. The second kappa shape index (κ2) is 10.0. The number of nitrogens with zero attached hydrogens (tertiary/aromatic N) is 3. The first kappa shape index (κ1) is 22.1. The van der Waals surface area contributed by atoms with Crippen molar-refractivity contribution in [1.29, 1.82) is 0 Å². The second-order valence-corrected chi connectivity index (χ2v) is 8.26. The first-order chi connectivity index (χ1) is 16.7. The van der Waals surface area contributed by atoms with Gasteiger partial charge >= 0.3 is 0 Å². The third kappa shape index (κ3) is 4.64. The van der Waals surface area contributed by atoms with Crippen molar-refractivity contribution in [1.82, 2.24) is 35.6 Å². The molecular formula is C26H29N7O. The molecule has 8 heteroatoms. The predicted molar refractivity (Wildman–Crippen MR) is 135 cm³/mol. The molecule has 5 aromatic rings. The Balaban J connectivity index is 1.38. The Labute approximate surface area is 197 Å². The third-order valence-electron chi connectivity index (χ3n) is 5.65. The van der Waals surface area contributed by atoms with Gasteiger partial charge in [-0.2, -0.15) is 0 Å². The summed E-state index contributed by atoms with van der Waals surface area (Å²) in [6.07, 6.45) is 5.68. The molecule has 0 aliphatic heterocycles. The highest BCUT2D eigenvalue weighted by Gasteiger charge is 2.15. The molecule has 4 N–H and O–H groups in total. The summed E-state index contributed by atoms with van der Waals surface area (Å²) in [7, 11) is 0. The summed E-state index contributed by atoms with van der Waals surface area (Å²) in [6, 6.07) is 12.1. The molecule has 0 saturated heterocycles. The van der Waals surface area contributed by atoms with Crippen LogP contribution in [0.15, 0.2) is 59.7 Å². The summed E-state index contributed by atoms with van der Waals surface area (Å²) in [5, 5.41) is 6.74. The molecule has 0 saturated carbocycles. The lowest BCUT2D eigenvalue weighted by Crippen LogP contribution is -2.14. The van der Waals surface area contributed by atoms with Gasteiger partial charge in [0.2, 0.25) is 5.89 Å². The minimum absolute atomic E-state index is 0.553. The molecule has 0 amide bonds. The van der Waals surface area contributed by atoms with Gasteiger partial charge in [-0.15, -0.1) is 6.58 Å². The van der Waals surface area contributed by atoms with Gasteiger partial charge in [-0.05, 0) is 56.3 Å². The standard InChI is InChI=1S/C26H29N7O/c1-3-5-12-28-15-23-30-19-10-9-17(13-21(19)32-23)22-14-29-26(34-22)18-7-6-8-20-25(18)33-24(31-20)16-27-11-4-2/h3,6-10,13-14,27-28H,1,4-5,11-12,15-16H2,2H3,(H,30,32)(H,31,33). The molecule has 0 bridgehead atoms. The normalized spacial score (nSPS) is 11.6. The Morgan fingerprint density at radius 3 is 2.68 bits per heavy atom. The van der Waals surface area contributed by atoms with E-state index in [1.807, 2.05) is 42.5 Å². The van der Waals surface area contributed by atoms with E-state index in [0.717, 1.165) is 70.8 Å². The lowest BCUT2D eigenvalue weighted by molar-refractivity contribution is 0.589. The van der Waals surface area contributed by atoms with E-state index in [9.17, 15) is 0 Å². The monoisotopic (exact) mass is 455 g/mol. The van der Waals surface area contributed by atoms with E-state index >= 15 is 0 Å². The Morgan fingerprint density at radius 2 is 1.82 bits per heavy atom. The van der Waals surface area contributed by atoms with Crippen molar-refractivity contribution in [2.24, 2.45) is 0 Å². The lowest BCUT2D eigenvalue weighted by atomic mass is 10.1. The molecule has 0 aliphatic rings. The summed E-state index contributed by atoms with van der Waals surface area (Å²) in [4.78, 5) is 20.8. The lowest BCUT2D eigenvalue weighted by Gasteiger charge is -1.99. The van der Waals surface area contributed by atoms with E-state index < -0.39 is 0 Å². The van der Waals surface area contributed by atoms with Crippen LogP contribution in [0.2, 0.25) is 0 Å². The Bertz CT molecular complexity index is 1410. The van der Waals surface area contributed by atoms with Crippen LogP contribution >= 0.6 is 0 Å². The zero-order valence-corrected chi connectivity index (χ0v) is 19.3. The highest BCUT2D eigenvalue weighted by Crippen LogP contribution is 2.31. The number of hydrogen-bond donors (Lipinski definition) is 4. The molecule has 3 aromatic heterocycles. The number of fused-ring (bicyclic) bond motifs is 2. The first-order valence-corrected chi connectivity index (χ1v) is 11.7. The predicted octanol–water partition coefficient (Wildman–Crippen LogP) is 4.93. The average Bonchev–Trinajstić information content (AvgIpc) is 3.59. The Hall–Kier alpha value is -3.75. The molecule has 0 radical (unpaired) electrons. The number of oxazole rings is 1. The van der Waals surface area contributed by atoms with E-state index in [2.05, 4.69) is 44.1 Å². The van der Waals surface area contributed by atoms with Crippen molar-refractivity contribution in [2.45, 2.75) is 32.9 Å². The van der Waals surface area contributed by atoms with Crippen molar-refractivity contribution in [2.75, 3.05) is 13.1 Å². The fourth-order valence-electron chi connectivity index (χ4n) is 3.97. The number of para-hydroxylation sites is 1. The number of aromatic nitrogens is 5. The van der Waals surface area contributed by atoms with Crippen LogP contribution in [-0.4, -0.2) is 38.0 Å². The van der Waals surface area contributed by atoms with Crippen molar-refractivity contribution in [3.05, 3.63) is 66.9 Å². The van der Waals surface area contributed by atoms with E-state index in [0.29, 0.717) is 24.7 Å². The van der Waals surface area contributed by atoms with Gasteiger partial charge in [0.1, 0.15) is 17.2 Å². The van der Waals surface area contributed by atoms with Gasteiger partial charge in [0.15, 0.2) is 5.76 Å². The molecule has 0 unspecified atom stereocenters. The zero-order valence-electron chi connectivity index (χ0n) is 19.3. The largest absolute Gasteiger partial charge is 0.436 e. The highest BCUT2D eigenvalue weighted by atomic mass is 16.4. The van der Waals surface area contributed by atoms with Crippen LogP contribution in [0.1, 0.15) is 31.4 Å². The Kier molecular flexibility index (Phi) is 6.51. The van der Waals surface area contributed by atoms with Gasteiger partial charge in [-0.25, -0.2) is 15.0 Å². The fraction of sp³-hybridized carbons (Fsp3) is 0.269. The number of nitrogens with one attached hydrogen (secondary N) is 4. The summed E-state index contributed by atoms with van der Waals surface area (Å²) < 4.78 is 6.18. The molecule has 174 valence electrons. The molecule has 0 aliphatic carbocycles. The summed E-state index contributed by atoms with van der Waals surface area (Å²) in [5.41, 5.74) is 5.54. The quantitative estimate of drug-likeness (QED) is 0.166. The first-order valence-electron chi connectivity index (χ1n) is 11.7. The van der Waals surface area contributed by atoms with Crippen molar-refractivity contribution in [3.8, 4) is 22.8 Å². The summed E-state index contributed by atoms with van der Waals surface area (Å²) in [6.45, 7) is 9.12. The van der Waals surface area contributed by atoms with E-state index in [1.54, 1.807) is 6.20 Å². The number of imidazole rings is 2. The van der Waals surface area contributed by atoms with Gasteiger partial charge in [0, 0.05) is 5.56 Å². The average molecular weight is 456 g/mol. The number of rotatable bonds is 11. The maximum absolute atomic E-state index is 6.18. The number of hydrogen-bond acceptors (Lipinski definition) is 6. The van der Waals surface area contributed by atoms with Crippen LogP contribution in [0.5, 0.6) is 0 Å². The molecule has 0 fully saturated rings. The van der Waals surface area contributed by atoms with E-state index in [4.69, 9.17) is 9.40 Å². The summed E-state index contributed by atoms with van der Waals surface area (Å²) in [5.74, 6) is 3.07. The minimum Gasteiger partial charge on any atom is -0.436 e. The third-order valence-corrected chi connectivity index (χ3v) is 5.65. The fourth-order valence-corrected chi connectivity index (χ4v) is 3.97. The van der Waals surface area contributed by atoms with Crippen LogP contribution in [0.3, 0.4) is 0 Å². The molecular weight excluding hydrogens is 426 g/mol. The second-order valence-electron chi connectivity index (χ2n) is 8.26.